The monoisotopic (exact) mass is 1400 g/mol. The van der Waals surface area contributed by atoms with Crippen LogP contribution in [0, 0.1) is 41.4 Å². The Morgan fingerprint density at radius 3 is 1.66 bits per heavy atom. The van der Waals surface area contributed by atoms with Gasteiger partial charge in [-0.3, -0.25) is 83.6 Å². The van der Waals surface area contributed by atoms with Crippen LogP contribution < -0.4 is 54.5 Å². The lowest BCUT2D eigenvalue weighted by Crippen LogP contribution is -2.78. The van der Waals surface area contributed by atoms with Gasteiger partial charge in [-0.25, -0.2) is 0 Å². The predicted octanol–water partition coefficient (Wildman–Crippen LogP) is -2.88. The second-order valence-corrected chi connectivity index (χ2v) is 26.5. The number of rotatable bonds is 46. The first kappa shape index (κ1) is 82.7. The van der Waals surface area contributed by atoms with Crippen LogP contribution in [0.3, 0.4) is 0 Å². The third-order valence-electron chi connectivity index (χ3n) is 16.5. The van der Waals surface area contributed by atoms with Crippen molar-refractivity contribution in [1.82, 2.24) is 31.5 Å². The standard InChI is InChI=1S/C65H95N11O19S2/c1-34(2)22-35(3)50(82)28-41(25-38-12-16-44(80)17-13-38)61(91)72-46(8-6-19-70-65(68)69)51(83)23-36(4)58(88)73-47(30-54(66)86)52(84)27-39(18-21-97-5)59(89)75-55(56(96)64(94)95)53(85)29-42(32-77)63(93)76-20-7-9-49(76)62(92)71-31-45(81)26-40(24-37-10-14-43(79)15-11-37)60(90)74-48(33-78)57(67)87/h10-17,34-36,39-42,46-49,55-56,77-80,96H,6-9,18-33H2,1-5H3,(H2,66,86)(H2,67,87)(H,71,92)(H,72,91)(H,73,88)(H,74,90)(H,75,89)(H,94,95)(H4,68,69,70)/p+1/t35-,36+,39+,40+,41+,42-,46-,47-,48-,49-,55+,56+/m0/s1. The van der Waals surface area contributed by atoms with Crippen LogP contribution in [0.1, 0.15) is 116 Å². The number of Topliss-reactive ketones (excluding diaryl/α,β-unsaturated/α-hetero) is 5. The van der Waals surface area contributed by atoms with Gasteiger partial charge < -0.3 is 68.5 Å². The third-order valence-corrected chi connectivity index (χ3v) is 17.7. The average Bonchev–Trinajstić information content (AvgIpc) is 1.79. The summed E-state index contributed by atoms with van der Waals surface area (Å²) in [5.41, 5.74) is 23.1. The van der Waals surface area contributed by atoms with Crippen molar-refractivity contribution in [3.8, 4) is 11.5 Å². The van der Waals surface area contributed by atoms with E-state index in [-0.39, 0.29) is 105 Å². The van der Waals surface area contributed by atoms with Gasteiger partial charge in [-0.1, -0.05) is 52.0 Å². The van der Waals surface area contributed by atoms with E-state index in [0.717, 1.165) is 4.90 Å². The number of primary amides is 2. The van der Waals surface area contributed by atoms with Crippen molar-refractivity contribution in [3.63, 3.8) is 0 Å². The molecule has 19 N–H and O–H groups in total. The zero-order chi connectivity index (χ0) is 72.8. The number of benzene rings is 2. The summed E-state index contributed by atoms with van der Waals surface area (Å²) >= 11 is 5.33. The average molecular weight is 1400 g/mol. The number of guanidine groups is 1. The number of nitrogens with zero attached hydrogens (tertiary/aromatic N) is 1. The number of hydrogen-bond acceptors (Lipinski definition) is 20. The van der Waals surface area contributed by atoms with E-state index in [1.54, 1.807) is 25.3 Å². The Bertz CT molecular complexity index is 3110. The quantitative estimate of drug-likeness (QED) is 0.0137. The second-order valence-electron chi connectivity index (χ2n) is 25.0. The number of aromatic hydroxyl groups is 2. The third kappa shape index (κ3) is 28.6. The lowest BCUT2D eigenvalue weighted by molar-refractivity contribution is -0.459. The fourth-order valence-corrected chi connectivity index (χ4v) is 11.8. The Morgan fingerprint density at radius 1 is 0.619 bits per heavy atom. The first-order valence-corrected chi connectivity index (χ1v) is 33.9. The number of aliphatic hydroxyl groups excluding tert-OH is 2. The van der Waals surface area contributed by atoms with E-state index < -0.39 is 193 Å². The van der Waals surface area contributed by atoms with E-state index in [4.69, 9.17) is 22.9 Å². The summed E-state index contributed by atoms with van der Waals surface area (Å²) in [6.45, 7) is 4.70. The minimum Gasteiger partial charge on any atom is -0.508 e. The van der Waals surface area contributed by atoms with Crippen molar-refractivity contribution in [2.75, 3.05) is 44.9 Å². The molecule has 2 aromatic rings. The van der Waals surface area contributed by atoms with Gasteiger partial charge in [-0.05, 0) is 105 Å². The Hall–Kier alpha value is -8.49. The van der Waals surface area contributed by atoms with Gasteiger partial charge in [-0.15, -0.1) is 0 Å². The van der Waals surface area contributed by atoms with Crippen LogP contribution in [0.15, 0.2) is 48.5 Å². The summed E-state index contributed by atoms with van der Waals surface area (Å²) in [5.74, 6) is -18.9. The van der Waals surface area contributed by atoms with Crippen molar-refractivity contribution in [1.29, 1.82) is 0 Å². The molecule has 0 spiro atoms. The molecular formula is C65H96N11O19S2+. The van der Waals surface area contributed by atoms with Crippen molar-refractivity contribution in [3.05, 3.63) is 59.7 Å². The van der Waals surface area contributed by atoms with Gasteiger partial charge in [0.2, 0.25) is 47.3 Å². The molecular weight excluding hydrogens is 1300 g/mol. The van der Waals surface area contributed by atoms with E-state index in [2.05, 4.69) is 44.2 Å². The number of ketones is 5. The van der Waals surface area contributed by atoms with E-state index in [1.807, 2.05) is 13.8 Å². The van der Waals surface area contributed by atoms with Gasteiger partial charge in [0.25, 0.3) is 0 Å². The molecule has 0 aliphatic carbocycles. The van der Waals surface area contributed by atoms with Crippen molar-refractivity contribution in [2.24, 2.45) is 64.4 Å². The number of aliphatic carboxylic acids is 1. The van der Waals surface area contributed by atoms with Crippen LogP contribution in [-0.2, 0) is 80.0 Å². The van der Waals surface area contributed by atoms with E-state index >= 15 is 0 Å². The molecule has 1 saturated heterocycles. The van der Waals surface area contributed by atoms with E-state index in [1.165, 1.54) is 55.1 Å². The maximum Gasteiger partial charge on any atom is 0.338 e. The van der Waals surface area contributed by atoms with Crippen LogP contribution in [0.5, 0.6) is 11.5 Å². The number of amides is 8. The molecule has 8 amide bonds. The number of carboxylic acids is 1. The maximum atomic E-state index is 14.3. The summed E-state index contributed by atoms with van der Waals surface area (Å²) in [5, 5.41) is 60.2. The molecule has 32 heteroatoms. The molecule has 0 radical (unpaired) electrons. The number of aliphatic hydroxyl groups is 2. The minimum atomic E-state index is -2.01. The topological polar surface area (TPSA) is 522 Å². The zero-order valence-electron chi connectivity index (χ0n) is 55.3. The summed E-state index contributed by atoms with van der Waals surface area (Å²) in [6, 6.07) is 4.15. The minimum absolute atomic E-state index is 0.0143. The molecule has 1 heterocycles. The summed E-state index contributed by atoms with van der Waals surface area (Å²) in [7, 11) is 0. The highest BCUT2D eigenvalue weighted by Gasteiger charge is 2.42. The van der Waals surface area contributed by atoms with Crippen molar-refractivity contribution in [2.45, 2.75) is 153 Å². The highest BCUT2D eigenvalue weighted by atomic mass is 32.2. The van der Waals surface area contributed by atoms with Gasteiger partial charge >= 0.3 is 11.9 Å². The highest BCUT2D eigenvalue weighted by Crippen LogP contribution is 2.26. The van der Waals surface area contributed by atoms with Crippen molar-refractivity contribution < 1.29 is 97.6 Å². The van der Waals surface area contributed by atoms with Gasteiger partial charge in [0.15, 0.2) is 23.1 Å². The number of carbonyl (C=O) groups is 14. The largest absolute Gasteiger partial charge is 0.508 e. The molecule has 30 nitrogen and oxygen atoms in total. The summed E-state index contributed by atoms with van der Waals surface area (Å²) in [4.78, 5) is 193. The Balaban J connectivity index is 1.79. The lowest BCUT2D eigenvalue weighted by atomic mass is 9.86. The number of thiol groups is 1. The number of nitrogens with one attached hydrogen (secondary N) is 6. The first-order chi connectivity index (χ1) is 45.7. The number of likely N-dealkylation sites (tertiary alicyclic amines) is 1. The van der Waals surface area contributed by atoms with Crippen LogP contribution >= 0.6 is 24.4 Å². The SMILES string of the molecule is CSCC[C@H](CC(=O)[C@H](CC(N)=O)NC(=O)[C@H](C)CC(=O)[C@H](CCC[NH+]=C(N)N)NC(=O)[C@@H](CC(=O)[C@@H](C)CC(C)C)Cc1ccc(O)cc1)C(=O)N[C@H](C(=O)C[C@@H](CO)C(=O)N1CCC[C@H]1C(=O)NCC(=O)C[C@@H](Cc1ccc(O)cc1)C(=O)N[C@@H](CO)C(N)=O)[C@@H](S)C(=O)O. The molecule has 97 heavy (non-hydrogen) atoms. The first-order valence-electron chi connectivity index (χ1n) is 32.0. The van der Waals surface area contributed by atoms with Gasteiger partial charge in [0.05, 0.1) is 50.7 Å². The fourth-order valence-electron chi connectivity index (χ4n) is 11.1. The second kappa shape index (κ2) is 41.6. The molecule has 12 atom stereocenters. The number of carbonyl (C=O) groups excluding carboxylic acids is 13. The molecule has 536 valence electrons. The molecule has 0 aromatic heterocycles. The Kier molecular flexibility index (Phi) is 35.5. The van der Waals surface area contributed by atoms with Crippen LogP contribution in [0.4, 0.5) is 0 Å². The summed E-state index contributed by atoms with van der Waals surface area (Å²) < 4.78 is 0. The molecule has 0 bridgehead atoms. The van der Waals surface area contributed by atoms with Gasteiger partial charge in [0.1, 0.15) is 40.7 Å². The molecule has 0 unspecified atom stereocenters. The number of phenolic OH excluding ortho intramolecular Hbond substituents is 2. The number of hydrogen-bond donors (Lipinski definition) is 16. The van der Waals surface area contributed by atoms with Crippen LogP contribution in [0.2, 0.25) is 0 Å². The summed E-state index contributed by atoms with van der Waals surface area (Å²) in [6.07, 6.45) is -0.868. The molecule has 1 aliphatic rings. The molecule has 3 rings (SSSR count). The van der Waals surface area contributed by atoms with Gasteiger partial charge in [-0.2, -0.15) is 24.4 Å². The fraction of sp³-hybridized carbons (Fsp3) is 0.585. The Morgan fingerprint density at radius 2 is 1.14 bits per heavy atom. The number of phenols is 2. The molecule has 2 aromatic carbocycles. The van der Waals surface area contributed by atoms with Crippen LogP contribution in [0.25, 0.3) is 0 Å². The lowest BCUT2D eigenvalue weighted by Gasteiger charge is -2.29. The zero-order valence-corrected chi connectivity index (χ0v) is 57.0. The Labute approximate surface area is 572 Å². The number of carboxylic acid groups (broad SMARTS) is 1. The van der Waals surface area contributed by atoms with E-state index in [0.29, 0.717) is 17.5 Å². The van der Waals surface area contributed by atoms with E-state index in [9.17, 15) is 92.7 Å². The van der Waals surface area contributed by atoms with Crippen LogP contribution in [-0.4, -0.2) is 199 Å². The predicted molar refractivity (Wildman–Crippen MR) is 358 cm³/mol. The molecule has 1 aliphatic heterocycles. The molecule has 0 saturated carbocycles. The number of thioether (sulfide) groups is 1. The van der Waals surface area contributed by atoms with Crippen molar-refractivity contribution >= 4 is 112 Å². The normalized spacial score (nSPS) is 16.2. The smallest absolute Gasteiger partial charge is 0.338 e. The maximum absolute atomic E-state index is 14.3. The highest BCUT2D eigenvalue weighted by molar-refractivity contribution is 7.98. The van der Waals surface area contributed by atoms with Gasteiger partial charge in [0, 0.05) is 68.2 Å². The molecule has 1 fully saturated rings. The number of nitrogens with two attached hydrogens (primary N) is 4.